The van der Waals surface area contributed by atoms with E-state index in [4.69, 9.17) is 0 Å². The number of Topliss-reactive ketones (excluding diaryl/α,β-unsaturated/α-hetero) is 1. The molecule has 2 aromatic carbocycles. The van der Waals surface area contributed by atoms with Gasteiger partial charge in [-0.05, 0) is 43.2 Å². The van der Waals surface area contributed by atoms with Crippen LogP contribution in [0, 0.1) is 6.92 Å². The highest BCUT2D eigenvalue weighted by molar-refractivity contribution is 6.08. The lowest BCUT2D eigenvalue weighted by Crippen LogP contribution is -2.23. The van der Waals surface area contributed by atoms with E-state index in [-0.39, 0.29) is 17.2 Å². The van der Waals surface area contributed by atoms with E-state index in [1.165, 1.54) is 23.6 Å². The van der Waals surface area contributed by atoms with Crippen LogP contribution in [-0.4, -0.2) is 16.3 Å². The molecular formula is C22H20N2O3. The van der Waals surface area contributed by atoms with E-state index in [9.17, 15) is 14.4 Å². The zero-order chi connectivity index (χ0) is 19.4. The summed E-state index contributed by atoms with van der Waals surface area (Å²) in [5.41, 5.74) is 3.15. The van der Waals surface area contributed by atoms with Gasteiger partial charge in [0, 0.05) is 17.8 Å². The summed E-state index contributed by atoms with van der Waals surface area (Å²) < 4.78 is 1.51. The Morgan fingerprint density at radius 2 is 1.67 bits per heavy atom. The zero-order valence-corrected chi connectivity index (χ0v) is 15.2. The number of amides is 1. The second kappa shape index (κ2) is 7.83. The third kappa shape index (κ3) is 4.20. The van der Waals surface area contributed by atoms with Crippen molar-refractivity contribution < 1.29 is 9.59 Å². The van der Waals surface area contributed by atoms with Crippen LogP contribution in [0.2, 0.25) is 0 Å². The molecule has 0 radical (unpaired) electrons. The predicted molar refractivity (Wildman–Crippen MR) is 105 cm³/mol. The number of carbonyl (C=O) groups is 2. The molecular weight excluding hydrogens is 340 g/mol. The second-order valence-corrected chi connectivity index (χ2v) is 6.37. The van der Waals surface area contributed by atoms with Crippen molar-refractivity contribution in [2.24, 2.45) is 0 Å². The molecule has 27 heavy (non-hydrogen) atoms. The summed E-state index contributed by atoms with van der Waals surface area (Å²) in [6.45, 7) is 3.82. The zero-order valence-electron chi connectivity index (χ0n) is 15.2. The first-order valence-electron chi connectivity index (χ1n) is 8.62. The highest BCUT2D eigenvalue weighted by Gasteiger charge is 2.12. The minimum atomic E-state index is -0.373. The van der Waals surface area contributed by atoms with Gasteiger partial charge in [0.1, 0.15) is 0 Å². The number of aryl methyl sites for hydroxylation is 1. The van der Waals surface area contributed by atoms with Crippen LogP contribution in [0.5, 0.6) is 0 Å². The van der Waals surface area contributed by atoms with Crippen molar-refractivity contribution in [3.8, 4) is 0 Å². The van der Waals surface area contributed by atoms with Crippen molar-refractivity contribution in [1.29, 1.82) is 0 Å². The molecule has 3 rings (SSSR count). The van der Waals surface area contributed by atoms with Crippen LogP contribution in [0.4, 0.5) is 5.69 Å². The molecule has 0 fully saturated rings. The number of aromatic nitrogens is 1. The van der Waals surface area contributed by atoms with Crippen LogP contribution in [0.15, 0.2) is 71.7 Å². The van der Waals surface area contributed by atoms with E-state index in [0.29, 0.717) is 23.4 Å². The van der Waals surface area contributed by atoms with Crippen molar-refractivity contribution in [3.63, 3.8) is 0 Å². The lowest BCUT2D eigenvalue weighted by atomic mass is 10.1. The first-order valence-corrected chi connectivity index (χ1v) is 8.62. The third-order valence-electron chi connectivity index (χ3n) is 4.40. The second-order valence-electron chi connectivity index (χ2n) is 6.37. The van der Waals surface area contributed by atoms with Gasteiger partial charge in [0.25, 0.3) is 11.5 Å². The predicted octanol–water partition coefficient (Wildman–Crippen LogP) is 3.66. The number of anilines is 1. The van der Waals surface area contributed by atoms with Crippen LogP contribution in [0.3, 0.4) is 0 Å². The molecule has 0 saturated carbocycles. The van der Waals surface area contributed by atoms with Gasteiger partial charge in [-0.3, -0.25) is 14.4 Å². The number of benzene rings is 2. The third-order valence-corrected chi connectivity index (χ3v) is 4.40. The minimum Gasteiger partial charge on any atom is -0.321 e. The number of carbonyl (C=O) groups excluding carboxylic acids is 2. The maximum Gasteiger partial charge on any atom is 0.257 e. The monoisotopic (exact) mass is 360 g/mol. The molecule has 5 heteroatoms. The van der Waals surface area contributed by atoms with Gasteiger partial charge < -0.3 is 9.88 Å². The van der Waals surface area contributed by atoms with Gasteiger partial charge in [0.15, 0.2) is 5.78 Å². The van der Waals surface area contributed by atoms with Gasteiger partial charge in [-0.2, -0.15) is 0 Å². The fourth-order valence-electron chi connectivity index (χ4n) is 2.85. The Morgan fingerprint density at radius 1 is 0.963 bits per heavy atom. The average molecular weight is 360 g/mol. The van der Waals surface area contributed by atoms with Crippen LogP contribution < -0.4 is 10.9 Å². The molecule has 5 nitrogen and oxygen atoms in total. The normalized spacial score (nSPS) is 10.4. The highest BCUT2D eigenvalue weighted by atomic mass is 16.2. The summed E-state index contributed by atoms with van der Waals surface area (Å²) in [5.74, 6) is -0.502. The van der Waals surface area contributed by atoms with E-state index >= 15 is 0 Å². The summed E-state index contributed by atoms with van der Waals surface area (Å²) in [7, 11) is 0. The van der Waals surface area contributed by atoms with Gasteiger partial charge in [-0.1, -0.05) is 36.4 Å². The Morgan fingerprint density at radius 3 is 2.41 bits per heavy atom. The lowest BCUT2D eigenvalue weighted by molar-refractivity contribution is 0.101. The fraction of sp³-hybridized carbons (Fsp3) is 0.136. The number of para-hydroxylation sites is 1. The number of hydrogen-bond acceptors (Lipinski definition) is 3. The van der Waals surface area contributed by atoms with Gasteiger partial charge >= 0.3 is 0 Å². The van der Waals surface area contributed by atoms with Crippen molar-refractivity contribution in [2.45, 2.75) is 20.4 Å². The smallest absolute Gasteiger partial charge is 0.257 e. The van der Waals surface area contributed by atoms with E-state index in [1.807, 2.05) is 31.2 Å². The van der Waals surface area contributed by atoms with Crippen molar-refractivity contribution in [2.75, 3.05) is 5.32 Å². The summed E-state index contributed by atoms with van der Waals surface area (Å²) in [6.07, 6.45) is 1.54. The lowest BCUT2D eigenvalue weighted by Gasteiger charge is -2.12. The number of ketones is 1. The topological polar surface area (TPSA) is 68.2 Å². The van der Waals surface area contributed by atoms with E-state index in [0.717, 1.165) is 11.1 Å². The molecule has 136 valence electrons. The molecule has 1 aromatic heterocycles. The molecule has 1 heterocycles. The maximum absolute atomic E-state index is 12.6. The molecule has 1 amide bonds. The summed E-state index contributed by atoms with van der Waals surface area (Å²) >= 11 is 0. The SMILES string of the molecule is CC(=O)c1ccccc1NC(=O)c1ccc(=O)n(Cc2ccccc2C)c1. The van der Waals surface area contributed by atoms with E-state index < -0.39 is 0 Å². The summed E-state index contributed by atoms with van der Waals surface area (Å²) in [6, 6.07) is 17.5. The van der Waals surface area contributed by atoms with Gasteiger partial charge in [-0.25, -0.2) is 0 Å². The maximum atomic E-state index is 12.6. The molecule has 1 N–H and O–H groups in total. The largest absolute Gasteiger partial charge is 0.321 e. The highest BCUT2D eigenvalue weighted by Crippen LogP contribution is 2.17. The minimum absolute atomic E-state index is 0.129. The summed E-state index contributed by atoms with van der Waals surface area (Å²) in [4.78, 5) is 36.6. The van der Waals surface area contributed by atoms with Crippen LogP contribution >= 0.6 is 0 Å². The molecule has 0 aliphatic heterocycles. The molecule has 0 saturated heterocycles. The summed E-state index contributed by atoms with van der Waals surface area (Å²) in [5, 5.41) is 2.75. The Balaban J connectivity index is 1.88. The first-order chi connectivity index (χ1) is 13.0. The molecule has 0 aliphatic carbocycles. The van der Waals surface area contributed by atoms with Crippen molar-refractivity contribution in [1.82, 2.24) is 4.57 Å². The Kier molecular flexibility index (Phi) is 5.31. The molecule has 0 bridgehead atoms. The molecule has 0 spiro atoms. The number of nitrogens with one attached hydrogen (secondary N) is 1. The Hall–Kier alpha value is -3.47. The quantitative estimate of drug-likeness (QED) is 0.706. The number of nitrogens with zero attached hydrogens (tertiary/aromatic N) is 1. The average Bonchev–Trinajstić information content (AvgIpc) is 2.65. The number of rotatable bonds is 5. The van der Waals surface area contributed by atoms with Gasteiger partial charge in [-0.15, -0.1) is 0 Å². The standard InChI is InChI=1S/C22H20N2O3/c1-15-7-3-4-8-17(15)13-24-14-18(11-12-21(24)26)22(27)23-20-10-6-5-9-19(20)16(2)25/h3-12,14H,13H2,1-2H3,(H,23,27). The Labute approximate surface area is 157 Å². The first kappa shape index (κ1) is 18.3. The van der Waals surface area contributed by atoms with Crippen molar-refractivity contribution in [3.05, 3.63) is 99.5 Å². The van der Waals surface area contributed by atoms with Crippen LogP contribution in [0.1, 0.15) is 38.8 Å². The number of hydrogen-bond donors (Lipinski definition) is 1. The van der Waals surface area contributed by atoms with Gasteiger partial charge in [0.2, 0.25) is 0 Å². The molecule has 0 unspecified atom stereocenters. The van der Waals surface area contributed by atoms with E-state index in [2.05, 4.69) is 5.32 Å². The van der Waals surface area contributed by atoms with Crippen LogP contribution in [-0.2, 0) is 6.54 Å². The molecule has 0 aliphatic rings. The number of pyridine rings is 1. The molecule has 0 atom stereocenters. The van der Waals surface area contributed by atoms with Crippen molar-refractivity contribution >= 4 is 17.4 Å². The fourth-order valence-corrected chi connectivity index (χ4v) is 2.85. The van der Waals surface area contributed by atoms with Gasteiger partial charge in [0.05, 0.1) is 17.8 Å². The molecule has 3 aromatic rings. The Bertz CT molecular complexity index is 1070. The van der Waals surface area contributed by atoms with Crippen LogP contribution in [0.25, 0.3) is 0 Å². The van der Waals surface area contributed by atoms with E-state index in [1.54, 1.807) is 30.5 Å².